The average molecular weight is 229 g/mol. The van der Waals surface area contributed by atoms with E-state index in [0.717, 1.165) is 12.8 Å². The van der Waals surface area contributed by atoms with Crippen LogP contribution in [0.15, 0.2) is 0 Å². The molecule has 0 aromatic rings. The minimum Gasteiger partial charge on any atom is -0.356 e. The van der Waals surface area contributed by atoms with E-state index in [1.807, 2.05) is 0 Å². The van der Waals surface area contributed by atoms with Crippen LogP contribution < -0.4 is 16.0 Å². The second-order valence-electron chi connectivity index (χ2n) is 4.20. The molecule has 3 amide bonds. The van der Waals surface area contributed by atoms with Crippen LogP contribution in [0.3, 0.4) is 0 Å². The molecule has 0 aromatic carbocycles. The SMILES string of the molecule is CC(=O)NCCCNC(=O)NCCC(C)C. The number of rotatable bonds is 7. The maximum Gasteiger partial charge on any atom is 0.314 e. The minimum absolute atomic E-state index is 0.0404. The van der Waals surface area contributed by atoms with Crippen molar-refractivity contribution in [3.05, 3.63) is 0 Å². The van der Waals surface area contributed by atoms with Crippen LogP contribution in [0, 0.1) is 5.92 Å². The summed E-state index contributed by atoms with van der Waals surface area (Å²) in [6, 6.07) is -0.136. The van der Waals surface area contributed by atoms with E-state index in [-0.39, 0.29) is 11.9 Å². The van der Waals surface area contributed by atoms with Gasteiger partial charge >= 0.3 is 6.03 Å². The lowest BCUT2D eigenvalue weighted by Crippen LogP contribution is -2.37. The van der Waals surface area contributed by atoms with Gasteiger partial charge < -0.3 is 16.0 Å². The third-order valence-electron chi connectivity index (χ3n) is 2.02. The van der Waals surface area contributed by atoms with Crippen LogP contribution in [0.25, 0.3) is 0 Å². The fraction of sp³-hybridized carbons (Fsp3) is 0.818. The van der Waals surface area contributed by atoms with Gasteiger partial charge in [-0.15, -0.1) is 0 Å². The lowest BCUT2D eigenvalue weighted by molar-refractivity contribution is -0.118. The third kappa shape index (κ3) is 10.8. The molecule has 5 heteroatoms. The molecule has 0 atom stereocenters. The van der Waals surface area contributed by atoms with Gasteiger partial charge in [-0.3, -0.25) is 4.79 Å². The van der Waals surface area contributed by atoms with Gasteiger partial charge in [0.05, 0.1) is 0 Å². The topological polar surface area (TPSA) is 70.2 Å². The Labute approximate surface area is 97.4 Å². The molecule has 0 spiro atoms. The lowest BCUT2D eigenvalue weighted by Gasteiger charge is -2.08. The maximum atomic E-state index is 11.2. The molecule has 0 bridgehead atoms. The van der Waals surface area contributed by atoms with Crippen molar-refractivity contribution in [2.75, 3.05) is 19.6 Å². The van der Waals surface area contributed by atoms with E-state index in [0.29, 0.717) is 25.6 Å². The summed E-state index contributed by atoms with van der Waals surface area (Å²) in [5.74, 6) is 0.557. The van der Waals surface area contributed by atoms with Crippen LogP contribution in [0.4, 0.5) is 4.79 Å². The summed E-state index contributed by atoms with van der Waals surface area (Å²) in [5, 5.41) is 8.17. The number of carbonyl (C=O) groups is 2. The molecular weight excluding hydrogens is 206 g/mol. The van der Waals surface area contributed by atoms with E-state index in [1.165, 1.54) is 6.92 Å². The summed E-state index contributed by atoms with van der Waals surface area (Å²) < 4.78 is 0. The fourth-order valence-corrected chi connectivity index (χ4v) is 1.09. The van der Waals surface area contributed by atoms with Crippen molar-refractivity contribution in [3.8, 4) is 0 Å². The number of urea groups is 1. The molecule has 0 heterocycles. The average Bonchev–Trinajstić information content (AvgIpc) is 2.16. The molecule has 3 N–H and O–H groups in total. The Kier molecular flexibility index (Phi) is 8.29. The predicted octanol–water partition coefficient (Wildman–Crippen LogP) is 0.858. The monoisotopic (exact) mass is 229 g/mol. The minimum atomic E-state index is -0.136. The highest BCUT2D eigenvalue weighted by Gasteiger charge is 1.99. The second kappa shape index (κ2) is 9.00. The first-order valence-corrected chi connectivity index (χ1v) is 5.78. The summed E-state index contributed by atoms with van der Waals surface area (Å²) in [5.41, 5.74) is 0. The fourth-order valence-electron chi connectivity index (χ4n) is 1.09. The number of amides is 3. The van der Waals surface area contributed by atoms with E-state index in [1.54, 1.807) is 0 Å². The van der Waals surface area contributed by atoms with Gasteiger partial charge in [-0.25, -0.2) is 4.79 Å². The Hall–Kier alpha value is -1.26. The highest BCUT2D eigenvalue weighted by atomic mass is 16.2. The first kappa shape index (κ1) is 14.7. The van der Waals surface area contributed by atoms with E-state index >= 15 is 0 Å². The highest BCUT2D eigenvalue weighted by molar-refractivity contribution is 5.74. The Balaban J connectivity index is 3.27. The van der Waals surface area contributed by atoms with Gasteiger partial charge in [-0.1, -0.05) is 13.8 Å². The Bertz CT molecular complexity index is 217. The molecule has 0 aliphatic carbocycles. The molecule has 5 nitrogen and oxygen atoms in total. The lowest BCUT2D eigenvalue weighted by atomic mass is 10.1. The Morgan fingerprint density at radius 2 is 1.56 bits per heavy atom. The summed E-state index contributed by atoms with van der Waals surface area (Å²) in [6.07, 6.45) is 1.73. The van der Waals surface area contributed by atoms with Crippen molar-refractivity contribution in [2.24, 2.45) is 5.92 Å². The number of hydrogen-bond acceptors (Lipinski definition) is 2. The quantitative estimate of drug-likeness (QED) is 0.567. The molecule has 0 rings (SSSR count). The van der Waals surface area contributed by atoms with E-state index < -0.39 is 0 Å². The zero-order valence-corrected chi connectivity index (χ0v) is 10.4. The summed E-state index contributed by atoms with van der Waals surface area (Å²) in [6.45, 7) is 7.59. The molecular formula is C11H23N3O2. The van der Waals surface area contributed by atoms with Crippen LogP contribution >= 0.6 is 0 Å². The summed E-state index contributed by atoms with van der Waals surface area (Å²) in [4.78, 5) is 21.7. The molecule has 0 radical (unpaired) electrons. The van der Waals surface area contributed by atoms with Gasteiger partial charge in [-0.05, 0) is 18.8 Å². The number of carbonyl (C=O) groups excluding carboxylic acids is 2. The number of nitrogens with one attached hydrogen (secondary N) is 3. The van der Waals surface area contributed by atoms with Gasteiger partial charge in [0.1, 0.15) is 0 Å². The van der Waals surface area contributed by atoms with Crippen LogP contribution in [-0.4, -0.2) is 31.6 Å². The van der Waals surface area contributed by atoms with Gasteiger partial charge in [0.15, 0.2) is 0 Å². The molecule has 0 aliphatic rings. The molecule has 0 saturated carbocycles. The van der Waals surface area contributed by atoms with Gasteiger partial charge in [0.25, 0.3) is 0 Å². The Morgan fingerprint density at radius 1 is 1.00 bits per heavy atom. The van der Waals surface area contributed by atoms with Crippen LogP contribution in [0.1, 0.15) is 33.6 Å². The number of hydrogen-bond donors (Lipinski definition) is 3. The van der Waals surface area contributed by atoms with Crippen LogP contribution in [-0.2, 0) is 4.79 Å². The molecule has 0 aromatic heterocycles. The van der Waals surface area contributed by atoms with Crippen molar-refractivity contribution in [2.45, 2.75) is 33.6 Å². The Morgan fingerprint density at radius 3 is 2.12 bits per heavy atom. The van der Waals surface area contributed by atoms with Crippen molar-refractivity contribution < 1.29 is 9.59 Å². The first-order valence-electron chi connectivity index (χ1n) is 5.78. The maximum absolute atomic E-state index is 11.2. The summed E-state index contributed by atoms with van der Waals surface area (Å²) in [7, 11) is 0. The van der Waals surface area contributed by atoms with Crippen molar-refractivity contribution in [1.82, 2.24) is 16.0 Å². The standard InChI is InChI=1S/C11H23N3O2/c1-9(2)5-8-14-11(16)13-7-4-6-12-10(3)15/h9H,4-8H2,1-3H3,(H,12,15)(H2,13,14,16). The zero-order chi connectivity index (χ0) is 12.4. The third-order valence-corrected chi connectivity index (χ3v) is 2.02. The second-order valence-corrected chi connectivity index (χ2v) is 4.20. The van der Waals surface area contributed by atoms with Crippen molar-refractivity contribution in [3.63, 3.8) is 0 Å². The summed E-state index contributed by atoms with van der Waals surface area (Å²) >= 11 is 0. The molecule has 0 fully saturated rings. The normalized spacial score (nSPS) is 10.0. The van der Waals surface area contributed by atoms with E-state index in [2.05, 4.69) is 29.8 Å². The molecule has 0 unspecified atom stereocenters. The van der Waals surface area contributed by atoms with Crippen molar-refractivity contribution in [1.29, 1.82) is 0 Å². The van der Waals surface area contributed by atoms with Crippen molar-refractivity contribution >= 4 is 11.9 Å². The molecule has 0 aliphatic heterocycles. The van der Waals surface area contributed by atoms with E-state index in [4.69, 9.17) is 0 Å². The van der Waals surface area contributed by atoms with Gasteiger partial charge in [-0.2, -0.15) is 0 Å². The molecule has 0 saturated heterocycles. The first-order chi connectivity index (χ1) is 7.52. The van der Waals surface area contributed by atoms with Gasteiger partial charge in [0, 0.05) is 26.6 Å². The predicted molar refractivity (Wildman–Crippen MR) is 64.2 cm³/mol. The zero-order valence-electron chi connectivity index (χ0n) is 10.4. The largest absolute Gasteiger partial charge is 0.356 e. The van der Waals surface area contributed by atoms with E-state index in [9.17, 15) is 9.59 Å². The van der Waals surface area contributed by atoms with Crippen LogP contribution in [0.2, 0.25) is 0 Å². The van der Waals surface area contributed by atoms with Crippen LogP contribution in [0.5, 0.6) is 0 Å². The molecule has 94 valence electrons. The van der Waals surface area contributed by atoms with Gasteiger partial charge in [0.2, 0.25) is 5.91 Å². The molecule has 16 heavy (non-hydrogen) atoms. The smallest absolute Gasteiger partial charge is 0.314 e. The highest BCUT2D eigenvalue weighted by Crippen LogP contribution is 1.95.